The molecule has 1 heterocycles. The molecular weight excluding hydrogens is 378 g/mol. The van der Waals surface area contributed by atoms with E-state index < -0.39 is 26.0 Å². The average molecular weight is 391 g/mol. The van der Waals surface area contributed by atoms with Gasteiger partial charge in [-0.05, 0) is 36.4 Å². The molecular formula is C16H13N3O5S2. The number of benzene rings is 2. The first-order valence-electron chi connectivity index (χ1n) is 7.42. The zero-order valence-corrected chi connectivity index (χ0v) is 14.9. The zero-order valence-electron chi connectivity index (χ0n) is 13.3. The van der Waals surface area contributed by atoms with Crippen molar-refractivity contribution in [1.29, 1.82) is 5.26 Å². The number of hydrogen-bond acceptors (Lipinski definition) is 6. The molecule has 1 aliphatic rings. The normalized spacial score (nSPS) is 16.3. The number of nitriles is 1. The molecule has 0 saturated carbocycles. The molecule has 10 heteroatoms. The van der Waals surface area contributed by atoms with Gasteiger partial charge in [0, 0.05) is 6.42 Å². The van der Waals surface area contributed by atoms with E-state index in [1.165, 1.54) is 36.4 Å². The van der Waals surface area contributed by atoms with Crippen molar-refractivity contribution in [3.8, 4) is 6.07 Å². The lowest BCUT2D eigenvalue weighted by Gasteiger charge is -2.15. The van der Waals surface area contributed by atoms with Crippen LogP contribution in [0.4, 0.5) is 11.4 Å². The Bertz CT molecular complexity index is 1120. The van der Waals surface area contributed by atoms with Crippen LogP contribution in [0, 0.1) is 11.3 Å². The first-order valence-corrected chi connectivity index (χ1v) is 10.5. The van der Waals surface area contributed by atoms with Crippen LogP contribution in [-0.2, 0) is 24.8 Å². The summed E-state index contributed by atoms with van der Waals surface area (Å²) in [6, 6.07) is 12.9. The molecule has 1 aliphatic heterocycles. The van der Waals surface area contributed by atoms with Gasteiger partial charge in [0.2, 0.25) is 15.9 Å². The van der Waals surface area contributed by atoms with Gasteiger partial charge in [-0.1, -0.05) is 12.1 Å². The second kappa shape index (κ2) is 6.44. The average Bonchev–Trinajstić information content (AvgIpc) is 2.88. The number of sulfonamides is 2. The van der Waals surface area contributed by atoms with E-state index in [2.05, 4.69) is 4.72 Å². The van der Waals surface area contributed by atoms with Gasteiger partial charge in [-0.2, -0.15) is 5.26 Å². The summed E-state index contributed by atoms with van der Waals surface area (Å²) in [5, 5.41) is 9.04. The number of rotatable bonds is 4. The summed E-state index contributed by atoms with van der Waals surface area (Å²) in [6.45, 7) is 0. The van der Waals surface area contributed by atoms with Gasteiger partial charge >= 0.3 is 0 Å². The summed E-state index contributed by atoms with van der Waals surface area (Å²) in [4.78, 5) is 11.6. The van der Waals surface area contributed by atoms with Crippen LogP contribution >= 0.6 is 0 Å². The number of carbonyl (C=O) groups is 1. The standard InChI is InChI=1S/C16H13N3O5S2/c17-11-12-3-1-2-4-15(12)18-26(23,24)14-7-5-13(6-8-14)19-16(20)9-10-25(19,21)22/h1-8,18H,9-10H2. The van der Waals surface area contributed by atoms with E-state index in [0.717, 1.165) is 0 Å². The summed E-state index contributed by atoms with van der Waals surface area (Å²) in [5.41, 5.74) is 0.390. The Morgan fingerprint density at radius 2 is 1.73 bits per heavy atom. The smallest absolute Gasteiger partial charge is 0.261 e. The third-order valence-electron chi connectivity index (χ3n) is 3.75. The lowest BCUT2D eigenvalue weighted by Crippen LogP contribution is -2.29. The molecule has 8 nitrogen and oxygen atoms in total. The van der Waals surface area contributed by atoms with Crippen LogP contribution in [0.5, 0.6) is 0 Å². The van der Waals surface area contributed by atoms with Crippen LogP contribution in [0.1, 0.15) is 12.0 Å². The van der Waals surface area contributed by atoms with Crippen molar-refractivity contribution >= 4 is 37.3 Å². The van der Waals surface area contributed by atoms with Gasteiger partial charge in [0.25, 0.3) is 10.0 Å². The molecule has 0 aliphatic carbocycles. The van der Waals surface area contributed by atoms with E-state index in [-0.39, 0.29) is 34.0 Å². The molecule has 3 rings (SSSR count). The molecule has 2 aromatic carbocycles. The van der Waals surface area contributed by atoms with Crippen molar-refractivity contribution in [2.75, 3.05) is 14.8 Å². The Morgan fingerprint density at radius 3 is 2.31 bits per heavy atom. The number of anilines is 2. The van der Waals surface area contributed by atoms with Gasteiger partial charge in [-0.25, -0.2) is 21.1 Å². The fraction of sp³-hybridized carbons (Fsp3) is 0.125. The van der Waals surface area contributed by atoms with Gasteiger partial charge in [0.05, 0.1) is 27.6 Å². The van der Waals surface area contributed by atoms with E-state index >= 15 is 0 Å². The SMILES string of the molecule is N#Cc1ccccc1NS(=O)(=O)c1ccc(N2C(=O)CCS2(=O)=O)cc1. The molecule has 1 saturated heterocycles. The van der Waals surface area contributed by atoms with E-state index in [1.54, 1.807) is 12.1 Å². The molecule has 1 fully saturated rings. The first-order chi connectivity index (χ1) is 12.2. The van der Waals surface area contributed by atoms with Crippen LogP contribution in [-0.4, -0.2) is 28.5 Å². The fourth-order valence-corrected chi connectivity index (χ4v) is 5.04. The zero-order chi connectivity index (χ0) is 18.9. The third kappa shape index (κ3) is 3.26. The van der Waals surface area contributed by atoms with Gasteiger partial charge in [-0.3, -0.25) is 9.52 Å². The van der Waals surface area contributed by atoms with E-state index in [9.17, 15) is 21.6 Å². The van der Waals surface area contributed by atoms with Gasteiger partial charge in [0.15, 0.2) is 0 Å². The summed E-state index contributed by atoms with van der Waals surface area (Å²) >= 11 is 0. The Labute approximate surface area is 150 Å². The van der Waals surface area contributed by atoms with E-state index in [1.807, 2.05) is 6.07 Å². The summed E-state index contributed by atoms with van der Waals surface area (Å²) in [5.74, 6) is -0.819. The molecule has 26 heavy (non-hydrogen) atoms. The van der Waals surface area contributed by atoms with Crippen molar-refractivity contribution in [2.24, 2.45) is 0 Å². The van der Waals surface area contributed by atoms with Crippen molar-refractivity contribution in [3.63, 3.8) is 0 Å². The second-order valence-electron chi connectivity index (χ2n) is 5.48. The molecule has 0 unspecified atom stereocenters. The van der Waals surface area contributed by atoms with Crippen LogP contribution in [0.3, 0.4) is 0 Å². The predicted octanol–water partition coefficient (Wildman–Crippen LogP) is 1.43. The molecule has 2 aromatic rings. The molecule has 1 N–H and O–H groups in total. The Hall–Kier alpha value is -2.90. The number of carbonyl (C=O) groups excluding carboxylic acids is 1. The van der Waals surface area contributed by atoms with Gasteiger partial charge < -0.3 is 0 Å². The maximum absolute atomic E-state index is 12.5. The van der Waals surface area contributed by atoms with Crippen molar-refractivity contribution in [3.05, 3.63) is 54.1 Å². The summed E-state index contributed by atoms with van der Waals surface area (Å²) in [7, 11) is -7.70. The largest absolute Gasteiger partial charge is 0.278 e. The minimum Gasteiger partial charge on any atom is -0.278 e. The topological polar surface area (TPSA) is 124 Å². The van der Waals surface area contributed by atoms with Gasteiger partial charge in [-0.15, -0.1) is 0 Å². The van der Waals surface area contributed by atoms with Crippen molar-refractivity contribution in [1.82, 2.24) is 0 Å². The quantitative estimate of drug-likeness (QED) is 0.840. The minimum atomic E-state index is -3.98. The van der Waals surface area contributed by atoms with Crippen LogP contribution < -0.4 is 9.03 Å². The molecule has 0 spiro atoms. The molecule has 0 atom stereocenters. The highest BCUT2D eigenvalue weighted by Gasteiger charge is 2.36. The third-order valence-corrected chi connectivity index (χ3v) is 6.82. The molecule has 0 bridgehead atoms. The minimum absolute atomic E-state index is 0.0869. The Balaban J connectivity index is 1.91. The summed E-state index contributed by atoms with van der Waals surface area (Å²) in [6.07, 6.45) is -0.102. The maximum Gasteiger partial charge on any atom is 0.261 e. The molecule has 1 amide bonds. The number of nitrogens with zero attached hydrogens (tertiary/aromatic N) is 2. The van der Waals surface area contributed by atoms with Gasteiger partial charge in [0.1, 0.15) is 6.07 Å². The van der Waals surface area contributed by atoms with Crippen molar-refractivity contribution < 1.29 is 21.6 Å². The highest BCUT2D eigenvalue weighted by molar-refractivity contribution is 7.94. The fourth-order valence-electron chi connectivity index (χ4n) is 2.50. The van der Waals surface area contributed by atoms with Crippen LogP contribution in [0.25, 0.3) is 0 Å². The molecule has 0 aromatic heterocycles. The molecule has 0 radical (unpaired) electrons. The maximum atomic E-state index is 12.5. The number of amides is 1. The molecule has 134 valence electrons. The van der Waals surface area contributed by atoms with Crippen LogP contribution in [0.15, 0.2) is 53.4 Å². The summed E-state index contributed by atoms with van der Waals surface area (Å²) < 4.78 is 51.8. The lowest BCUT2D eigenvalue weighted by atomic mass is 10.2. The van der Waals surface area contributed by atoms with E-state index in [4.69, 9.17) is 5.26 Å². The monoisotopic (exact) mass is 391 g/mol. The number of hydrogen-bond donors (Lipinski definition) is 1. The number of nitrogens with one attached hydrogen (secondary N) is 1. The van der Waals surface area contributed by atoms with Crippen LogP contribution in [0.2, 0.25) is 0 Å². The number of para-hydroxylation sites is 1. The Kier molecular flexibility index (Phi) is 4.43. The van der Waals surface area contributed by atoms with E-state index in [0.29, 0.717) is 4.31 Å². The predicted molar refractivity (Wildman–Crippen MR) is 94.3 cm³/mol. The van der Waals surface area contributed by atoms with Crippen molar-refractivity contribution in [2.45, 2.75) is 11.3 Å². The lowest BCUT2D eigenvalue weighted by molar-refractivity contribution is -0.116. The highest BCUT2D eigenvalue weighted by atomic mass is 32.2. The first kappa shape index (κ1) is 17.9. The second-order valence-corrected chi connectivity index (χ2v) is 9.10. The highest BCUT2D eigenvalue weighted by Crippen LogP contribution is 2.27. The Morgan fingerprint density at radius 1 is 1.08 bits per heavy atom.